The summed E-state index contributed by atoms with van der Waals surface area (Å²) in [5.74, 6) is 0.332. The molecule has 0 aliphatic carbocycles. The minimum absolute atomic E-state index is 0.0530. The fraction of sp³-hybridized carbons (Fsp3) is 0.0417. The van der Waals surface area contributed by atoms with Gasteiger partial charge in [-0.3, -0.25) is 9.20 Å². The third-order valence-corrected chi connectivity index (χ3v) is 6.35. The number of ether oxygens (including phenoxy) is 1. The molecule has 0 unspecified atom stereocenters. The maximum Gasteiger partial charge on any atom is 0.269 e. The predicted octanol–water partition coefficient (Wildman–Crippen LogP) is 4.13. The quantitative estimate of drug-likeness (QED) is 0.430. The summed E-state index contributed by atoms with van der Waals surface area (Å²) < 4.78 is 33.1. The number of fused-ring (bicyclic) bond motifs is 1. The molecule has 0 spiro atoms. The largest absolute Gasteiger partial charge is 0.438 e. The molecular formula is C24H17N3O4S. The molecule has 2 heterocycles. The summed E-state index contributed by atoms with van der Waals surface area (Å²) >= 11 is 0. The van der Waals surface area contributed by atoms with Gasteiger partial charge in [-0.2, -0.15) is 10.2 Å². The van der Waals surface area contributed by atoms with Crippen LogP contribution in [0.3, 0.4) is 0 Å². The van der Waals surface area contributed by atoms with Gasteiger partial charge in [-0.15, -0.1) is 0 Å². The van der Waals surface area contributed by atoms with Crippen molar-refractivity contribution < 1.29 is 13.2 Å². The first-order chi connectivity index (χ1) is 15.4. The van der Waals surface area contributed by atoms with Gasteiger partial charge >= 0.3 is 0 Å². The molecule has 4 aromatic rings. The number of pyridine rings is 1. The lowest BCUT2D eigenvalue weighted by Crippen LogP contribution is -2.19. The van der Waals surface area contributed by atoms with Crippen molar-refractivity contribution in [2.75, 3.05) is 0 Å². The lowest BCUT2D eigenvalue weighted by molar-refractivity contribution is 0.460. The molecule has 2 aromatic carbocycles. The van der Waals surface area contributed by atoms with Gasteiger partial charge < -0.3 is 4.74 Å². The molecule has 0 fully saturated rings. The second-order valence-corrected chi connectivity index (χ2v) is 8.84. The molecule has 0 aliphatic rings. The molecule has 0 bridgehead atoms. The van der Waals surface area contributed by atoms with Gasteiger partial charge in [0, 0.05) is 6.20 Å². The molecule has 7 nitrogen and oxygen atoms in total. The first kappa shape index (κ1) is 21.0. The van der Waals surface area contributed by atoms with E-state index in [9.17, 15) is 18.5 Å². The molecule has 0 saturated carbocycles. The topological polar surface area (TPSA) is 102 Å². The molecule has 32 heavy (non-hydrogen) atoms. The molecule has 0 saturated heterocycles. The van der Waals surface area contributed by atoms with E-state index < -0.39 is 20.3 Å². The SMILES string of the molecule is Cc1cccc(Oc2nc3ccccn3c(=O)c2/C=C(/C#N)S(=O)(=O)c2ccccc2)c1. The highest BCUT2D eigenvalue weighted by molar-refractivity contribution is 7.95. The van der Waals surface area contributed by atoms with Gasteiger partial charge in [0.1, 0.15) is 27.9 Å². The molecule has 2 aromatic heterocycles. The second kappa shape index (κ2) is 8.49. The van der Waals surface area contributed by atoms with Crippen LogP contribution in [0.25, 0.3) is 11.7 Å². The number of rotatable bonds is 5. The van der Waals surface area contributed by atoms with Crippen LogP contribution in [0.15, 0.2) is 93.6 Å². The number of hydrogen-bond acceptors (Lipinski definition) is 6. The van der Waals surface area contributed by atoms with Gasteiger partial charge in [0.2, 0.25) is 15.7 Å². The monoisotopic (exact) mass is 443 g/mol. The van der Waals surface area contributed by atoms with Gasteiger partial charge in [0.15, 0.2) is 0 Å². The van der Waals surface area contributed by atoms with Gasteiger partial charge in [0.05, 0.1) is 4.90 Å². The van der Waals surface area contributed by atoms with Crippen molar-refractivity contribution in [3.8, 4) is 17.7 Å². The van der Waals surface area contributed by atoms with Crippen molar-refractivity contribution in [2.24, 2.45) is 0 Å². The molecule has 0 radical (unpaired) electrons. The molecule has 158 valence electrons. The molecule has 0 atom stereocenters. The number of benzene rings is 2. The van der Waals surface area contributed by atoms with Crippen LogP contribution in [0.2, 0.25) is 0 Å². The summed E-state index contributed by atoms with van der Waals surface area (Å²) in [6, 6.07) is 21.4. The molecule has 8 heteroatoms. The Morgan fingerprint density at radius 3 is 2.53 bits per heavy atom. The normalized spacial score (nSPS) is 11.8. The first-order valence-corrected chi connectivity index (χ1v) is 11.1. The Kier molecular flexibility index (Phi) is 5.58. The fourth-order valence-electron chi connectivity index (χ4n) is 3.10. The first-order valence-electron chi connectivity index (χ1n) is 9.58. The Labute approximate surface area is 184 Å². The minimum atomic E-state index is -4.15. The van der Waals surface area contributed by atoms with Crippen molar-refractivity contribution in [3.05, 3.63) is 105 Å². The molecule has 0 aliphatic heterocycles. The highest BCUT2D eigenvalue weighted by atomic mass is 32.2. The zero-order valence-electron chi connectivity index (χ0n) is 17.0. The van der Waals surface area contributed by atoms with Crippen LogP contribution in [0.5, 0.6) is 11.6 Å². The van der Waals surface area contributed by atoms with E-state index in [1.807, 2.05) is 13.0 Å². The Morgan fingerprint density at radius 2 is 1.81 bits per heavy atom. The Morgan fingerprint density at radius 1 is 1.06 bits per heavy atom. The van der Waals surface area contributed by atoms with Gasteiger partial charge in [0.25, 0.3) is 5.56 Å². The highest BCUT2D eigenvalue weighted by Crippen LogP contribution is 2.27. The van der Waals surface area contributed by atoms with Gasteiger partial charge in [-0.25, -0.2) is 8.42 Å². The third kappa shape index (κ3) is 4.02. The van der Waals surface area contributed by atoms with E-state index >= 15 is 0 Å². The zero-order chi connectivity index (χ0) is 22.7. The number of hydrogen-bond donors (Lipinski definition) is 0. The van der Waals surface area contributed by atoms with E-state index in [2.05, 4.69) is 4.98 Å². The lowest BCUT2D eigenvalue weighted by Gasteiger charge is -2.11. The van der Waals surface area contributed by atoms with Gasteiger partial charge in [-0.1, -0.05) is 36.4 Å². The maximum absolute atomic E-state index is 13.2. The van der Waals surface area contributed by atoms with E-state index in [0.717, 1.165) is 11.6 Å². The van der Waals surface area contributed by atoms with Crippen LogP contribution in [0, 0.1) is 18.3 Å². The van der Waals surface area contributed by atoms with Crippen LogP contribution >= 0.6 is 0 Å². The number of sulfone groups is 1. The van der Waals surface area contributed by atoms with Gasteiger partial charge in [-0.05, 0) is 55.0 Å². The number of nitrogens with zero attached hydrogens (tertiary/aromatic N) is 3. The molecular weight excluding hydrogens is 426 g/mol. The lowest BCUT2D eigenvalue weighted by atomic mass is 10.2. The Hall–Kier alpha value is -4.22. The zero-order valence-corrected chi connectivity index (χ0v) is 17.8. The van der Waals surface area contributed by atoms with E-state index in [-0.39, 0.29) is 16.3 Å². The summed E-state index contributed by atoms with van der Waals surface area (Å²) in [7, 11) is -4.15. The van der Waals surface area contributed by atoms with Crippen LogP contribution in [0.4, 0.5) is 0 Å². The summed E-state index contributed by atoms with van der Waals surface area (Å²) in [6.45, 7) is 1.89. The molecule has 0 N–H and O–H groups in total. The van der Waals surface area contributed by atoms with E-state index in [0.29, 0.717) is 11.4 Å². The summed E-state index contributed by atoms with van der Waals surface area (Å²) in [5.41, 5.74) is 0.545. The maximum atomic E-state index is 13.2. The standard InChI is InChI=1S/C24H17N3O4S/c1-17-8-7-9-18(14-17)31-23-21(24(28)27-13-6-5-12-22(27)26-23)15-20(16-25)32(29,30)19-10-3-2-4-11-19/h2-15H,1H3/b20-15-. The van der Waals surface area contributed by atoms with E-state index in [1.54, 1.807) is 60.7 Å². The van der Waals surface area contributed by atoms with Crippen molar-refractivity contribution in [1.82, 2.24) is 9.38 Å². The van der Waals surface area contributed by atoms with Crippen LogP contribution in [0.1, 0.15) is 11.1 Å². The second-order valence-electron chi connectivity index (χ2n) is 6.92. The highest BCUT2D eigenvalue weighted by Gasteiger charge is 2.23. The predicted molar refractivity (Wildman–Crippen MR) is 120 cm³/mol. The summed E-state index contributed by atoms with van der Waals surface area (Å²) in [6.07, 6.45) is 2.53. The fourth-order valence-corrected chi connectivity index (χ4v) is 4.26. The number of allylic oxidation sites excluding steroid dienone is 1. The summed E-state index contributed by atoms with van der Waals surface area (Å²) in [4.78, 5) is 17.0. The Balaban J connectivity index is 1.95. The van der Waals surface area contributed by atoms with Crippen LogP contribution in [-0.2, 0) is 9.84 Å². The third-order valence-electron chi connectivity index (χ3n) is 4.67. The molecule has 0 amide bonds. The number of nitriles is 1. The molecule has 4 rings (SSSR count). The van der Waals surface area contributed by atoms with Crippen molar-refractivity contribution in [3.63, 3.8) is 0 Å². The summed E-state index contributed by atoms with van der Waals surface area (Å²) in [5, 5.41) is 9.64. The van der Waals surface area contributed by atoms with Crippen molar-refractivity contribution in [1.29, 1.82) is 5.26 Å². The smallest absolute Gasteiger partial charge is 0.269 e. The number of aromatic nitrogens is 2. The Bertz CT molecular complexity index is 1550. The minimum Gasteiger partial charge on any atom is -0.438 e. The number of aryl methyl sites for hydroxylation is 1. The average Bonchev–Trinajstić information content (AvgIpc) is 2.79. The van der Waals surface area contributed by atoms with Crippen LogP contribution < -0.4 is 10.3 Å². The van der Waals surface area contributed by atoms with E-state index in [1.165, 1.54) is 22.7 Å². The van der Waals surface area contributed by atoms with Crippen LogP contribution in [-0.4, -0.2) is 17.8 Å². The average molecular weight is 443 g/mol. The van der Waals surface area contributed by atoms with E-state index in [4.69, 9.17) is 4.74 Å². The van der Waals surface area contributed by atoms with Crippen molar-refractivity contribution >= 4 is 21.6 Å². The van der Waals surface area contributed by atoms with Crippen molar-refractivity contribution in [2.45, 2.75) is 11.8 Å².